The zero-order chi connectivity index (χ0) is 20.7. The van der Waals surface area contributed by atoms with Crippen molar-refractivity contribution in [3.63, 3.8) is 0 Å². The molecular weight excluding hydrogens is 444 g/mol. The van der Waals surface area contributed by atoms with Gasteiger partial charge in [-0.1, -0.05) is 49.4 Å². The summed E-state index contributed by atoms with van der Waals surface area (Å²) in [6.45, 7) is 1.98. The van der Waals surface area contributed by atoms with E-state index in [0.717, 1.165) is 16.8 Å². The van der Waals surface area contributed by atoms with Gasteiger partial charge in [0.2, 0.25) is 0 Å². The highest BCUT2D eigenvalue weighted by atomic mass is 35.5. The van der Waals surface area contributed by atoms with Crippen LogP contribution in [0.15, 0.2) is 72.0 Å². The Morgan fingerprint density at radius 2 is 1.84 bits per heavy atom. The van der Waals surface area contributed by atoms with Crippen LogP contribution in [0.4, 0.5) is 5.82 Å². The van der Waals surface area contributed by atoms with Gasteiger partial charge in [0.1, 0.15) is 11.8 Å². The Hall–Kier alpha value is -3.36. The van der Waals surface area contributed by atoms with E-state index in [1.807, 2.05) is 55.5 Å². The van der Waals surface area contributed by atoms with Gasteiger partial charge in [0.15, 0.2) is 11.5 Å². The van der Waals surface area contributed by atoms with Crippen molar-refractivity contribution < 1.29 is 0 Å². The van der Waals surface area contributed by atoms with Crippen molar-refractivity contribution in [3.8, 4) is 5.69 Å². The van der Waals surface area contributed by atoms with Gasteiger partial charge in [-0.05, 0) is 36.6 Å². The molecule has 2 aromatic carbocycles. The first-order chi connectivity index (χ1) is 14.6. The third kappa shape index (κ3) is 3.94. The third-order valence-electron chi connectivity index (χ3n) is 5.06. The minimum absolute atomic E-state index is 0. The maximum absolute atomic E-state index is 13.5. The standard InChI is InChI=1S/C22H17ClN6O.CH4.H2S/c1-13(28-21-19-20(25-11-24-19)26-12-27-21)17-10-14-6-5-9-16(23)18(14)22(30)29(17)15-7-3-2-4-8-15;;/h2-13H,1H3,(H2,24,25,26,27,28);1H4;1H2/t13-;;/m0../s1. The second-order valence-corrected chi connectivity index (χ2v) is 7.35. The molecule has 3 heterocycles. The number of fused-ring (bicyclic) bond motifs is 2. The summed E-state index contributed by atoms with van der Waals surface area (Å²) in [7, 11) is 0. The number of aromatic amines is 1. The van der Waals surface area contributed by atoms with Crippen LogP contribution in [-0.4, -0.2) is 24.5 Å². The minimum Gasteiger partial charge on any atom is -0.360 e. The summed E-state index contributed by atoms with van der Waals surface area (Å²) >= 11 is 6.38. The fraction of sp³-hybridized carbons (Fsp3) is 0.130. The van der Waals surface area contributed by atoms with Crippen molar-refractivity contribution in [3.05, 3.63) is 88.3 Å². The second kappa shape index (κ2) is 9.42. The van der Waals surface area contributed by atoms with Gasteiger partial charge < -0.3 is 10.3 Å². The van der Waals surface area contributed by atoms with Crippen LogP contribution in [-0.2, 0) is 0 Å². The summed E-state index contributed by atoms with van der Waals surface area (Å²) in [6, 6.07) is 16.7. The highest BCUT2D eigenvalue weighted by Crippen LogP contribution is 2.27. The van der Waals surface area contributed by atoms with Gasteiger partial charge in [-0.15, -0.1) is 0 Å². The van der Waals surface area contributed by atoms with E-state index in [9.17, 15) is 4.79 Å². The van der Waals surface area contributed by atoms with E-state index in [1.165, 1.54) is 6.33 Å². The number of hydrogen-bond acceptors (Lipinski definition) is 5. The van der Waals surface area contributed by atoms with Crippen LogP contribution in [0.5, 0.6) is 0 Å². The molecule has 1 atom stereocenters. The average Bonchev–Trinajstić information content (AvgIpc) is 3.24. The third-order valence-corrected chi connectivity index (χ3v) is 5.37. The number of benzene rings is 2. The fourth-order valence-corrected chi connectivity index (χ4v) is 3.92. The number of halogens is 1. The van der Waals surface area contributed by atoms with E-state index in [2.05, 4.69) is 25.3 Å². The smallest absolute Gasteiger partial charge is 0.264 e. The number of nitrogens with zero attached hydrogens (tertiary/aromatic N) is 4. The van der Waals surface area contributed by atoms with Gasteiger partial charge >= 0.3 is 0 Å². The van der Waals surface area contributed by atoms with E-state index in [0.29, 0.717) is 27.4 Å². The van der Waals surface area contributed by atoms with Gasteiger partial charge in [0, 0.05) is 11.4 Å². The lowest BCUT2D eigenvalue weighted by Gasteiger charge is -2.21. The number of hydrogen-bond donors (Lipinski definition) is 2. The number of aromatic nitrogens is 5. The van der Waals surface area contributed by atoms with Crippen LogP contribution in [0.25, 0.3) is 27.6 Å². The molecule has 0 aliphatic rings. The first kappa shape index (κ1) is 23.3. The highest BCUT2D eigenvalue weighted by Gasteiger charge is 2.19. The maximum atomic E-state index is 13.5. The maximum Gasteiger partial charge on any atom is 0.264 e. The van der Waals surface area contributed by atoms with E-state index in [-0.39, 0.29) is 32.5 Å². The van der Waals surface area contributed by atoms with Crippen molar-refractivity contribution in [2.75, 3.05) is 5.32 Å². The number of pyridine rings is 1. The predicted octanol–water partition coefficient (Wildman–Crippen LogP) is 5.23. The molecule has 0 saturated heterocycles. The molecule has 0 amide bonds. The molecule has 0 unspecified atom stereocenters. The minimum atomic E-state index is -0.248. The first-order valence-corrected chi connectivity index (χ1v) is 9.81. The van der Waals surface area contributed by atoms with Crippen LogP contribution in [0.3, 0.4) is 0 Å². The summed E-state index contributed by atoms with van der Waals surface area (Å²) in [6.07, 6.45) is 3.04. The zero-order valence-corrected chi connectivity index (χ0v) is 18.3. The molecule has 9 heteroatoms. The molecule has 7 nitrogen and oxygen atoms in total. The number of anilines is 1. The molecule has 0 spiro atoms. The molecule has 0 aliphatic carbocycles. The van der Waals surface area contributed by atoms with Gasteiger partial charge in [0.05, 0.1) is 22.8 Å². The number of imidazole rings is 1. The van der Waals surface area contributed by atoms with Gasteiger partial charge in [0.25, 0.3) is 5.56 Å². The van der Waals surface area contributed by atoms with E-state index >= 15 is 0 Å². The molecule has 0 radical (unpaired) electrons. The normalized spacial score (nSPS) is 11.6. The van der Waals surface area contributed by atoms with E-state index in [4.69, 9.17) is 11.6 Å². The van der Waals surface area contributed by atoms with Crippen LogP contribution in [0.1, 0.15) is 26.1 Å². The first-order valence-electron chi connectivity index (χ1n) is 9.43. The molecule has 5 rings (SSSR count). The Morgan fingerprint density at radius 1 is 1.06 bits per heavy atom. The van der Waals surface area contributed by atoms with Crippen LogP contribution >= 0.6 is 25.1 Å². The quantitative estimate of drug-likeness (QED) is 0.378. The summed E-state index contributed by atoms with van der Waals surface area (Å²) < 4.78 is 1.69. The molecule has 32 heavy (non-hydrogen) atoms. The second-order valence-electron chi connectivity index (χ2n) is 6.94. The summed E-state index contributed by atoms with van der Waals surface area (Å²) in [5, 5.41) is 5.11. The van der Waals surface area contributed by atoms with Crippen molar-refractivity contribution >= 4 is 52.9 Å². The summed E-state index contributed by atoms with van der Waals surface area (Å²) in [5.41, 5.74) is 2.67. The topological polar surface area (TPSA) is 88.5 Å². The van der Waals surface area contributed by atoms with Crippen molar-refractivity contribution in [1.82, 2.24) is 24.5 Å². The Kier molecular flexibility index (Phi) is 6.86. The van der Waals surface area contributed by atoms with Gasteiger partial charge in [-0.2, -0.15) is 13.5 Å². The molecule has 0 aliphatic heterocycles. The monoisotopic (exact) mass is 466 g/mol. The predicted molar refractivity (Wildman–Crippen MR) is 135 cm³/mol. The molecule has 3 aromatic heterocycles. The average molecular weight is 467 g/mol. The molecular formula is C23H23ClN6OS. The Labute approximate surface area is 197 Å². The molecule has 2 N–H and O–H groups in total. The van der Waals surface area contributed by atoms with Crippen molar-refractivity contribution in [2.24, 2.45) is 0 Å². The summed E-state index contributed by atoms with van der Waals surface area (Å²) in [4.78, 5) is 29.2. The van der Waals surface area contributed by atoms with Gasteiger partial charge in [-0.25, -0.2) is 15.0 Å². The molecule has 0 fully saturated rings. The Balaban J connectivity index is 0.00000144. The fourth-order valence-electron chi connectivity index (χ4n) is 3.66. The number of para-hydroxylation sites is 1. The lowest BCUT2D eigenvalue weighted by molar-refractivity contribution is 0.774. The molecule has 5 aromatic rings. The lowest BCUT2D eigenvalue weighted by Crippen LogP contribution is -2.25. The number of rotatable bonds is 4. The number of H-pyrrole nitrogens is 1. The van der Waals surface area contributed by atoms with Crippen molar-refractivity contribution in [2.45, 2.75) is 20.4 Å². The Morgan fingerprint density at radius 3 is 2.62 bits per heavy atom. The molecule has 164 valence electrons. The number of nitrogens with one attached hydrogen (secondary N) is 2. The van der Waals surface area contributed by atoms with Crippen LogP contribution < -0.4 is 10.9 Å². The largest absolute Gasteiger partial charge is 0.360 e. The zero-order valence-electron chi connectivity index (χ0n) is 16.5. The lowest BCUT2D eigenvalue weighted by atomic mass is 10.1. The van der Waals surface area contributed by atoms with Crippen molar-refractivity contribution in [1.29, 1.82) is 0 Å². The Bertz CT molecular complexity index is 1430. The summed E-state index contributed by atoms with van der Waals surface area (Å²) in [5.74, 6) is 0.614. The van der Waals surface area contributed by atoms with E-state index < -0.39 is 0 Å². The highest BCUT2D eigenvalue weighted by molar-refractivity contribution is 7.59. The van der Waals surface area contributed by atoms with E-state index in [1.54, 1.807) is 17.0 Å². The van der Waals surface area contributed by atoms with Crippen LogP contribution in [0.2, 0.25) is 5.02 Å². The van der Waals surface area contributed by atoms with Gasteiger partial charge in [-0.3, -0.25) is 9.36 Å². The molecule has 0 bridgehead atoms. The molecule has 0 saturated carbocycles. The van der Waals surface area contributed by atoms with Crippen LogP contribution in [0, 0.1) is 0 Å². The SMILES string of the molecule is C.C[C@H](Nc1ncnc2nc[nH]c12)c1cc2cccc(Cl)c2c(=O)n1-c1ccccc1.S.